The fourth-order valence-corrected chi connectivity index (χ4v) is 2.56. The quantitative estimate of drug-likeness (QED) is 0.243. The van der Waals surface area contributed by atoms with Crippen molar-refractivity contribution >= 4 is 0 Å². The summed E-state index contributed by atoms with van der Waals surface area (Å²) in [6.45, 7) is -1.34. The molecule has 0 saturated carbocycles. The first-order valence-electron chi connectivity index (χ1n) is 7.08. The molecule has 2 heterocycles. The molecule has 11 heteroatoms. The molecule has 136 valence electrons. The first-order valence-corrected chi connectivity index (χ1v) is 7.08. The topological polar surface area (TPSA) is 190 Å². The largest absolute Gasteiger partial charge is 0.394 e. The first-order chi connectivity index (χ1) is 10.8. The van der Waals surface area contributed by atoms with Crippen LogP contribution in [-0.4, -0.2) is 115 Å². The number of aliphatic hydroxyl groups is 8. The molecule has 23 heavy (non-hydrogen) atoms. The van der Waals surface area contributed by atoms with Crippen LogP contribution < -0.4 is 0 Å². The van der Waals surface area contributed by atoms with Crippen LogP contribution in [0.25, 0.3) is 0 Å². The summed E-state index contributed by atoms with van der Waals surface area (Å²) < 4.78 is 15.1. The van der Waals surface area contributed by atoms with Crippen LogP contribution in [0.2, 0.25) is 0 Å². The Bertz CT molecular complexity index is 380. The number of hydrogen-bond donors (Lipinski definition) is 8. The lowest BCUT2D eigenvalue weighted by Gasteiger charge is -2.45. The fourth-order valence-electron chi connectivity index (χ4n) is 2.56. The van der Waals surface area contributed by atoms with Crippen molar-refractivity contribution < 1.29 is 55.1 Å². The standard InChI is InChI=1S/C12H22O11/c13-1-3-5(15)7(17)8(18)12(22-3)23-10-6(16)4(2-14)21-11(20)9(10)19/h3-20H,1-2H2/t3-,4-,5-,6+,7+,8+,9+,10+,11?,12?/m1/s1. The van der Waals surface area contributed by atoms with Crippen molar-refractivity contribution in [2.75, 3.05) is 13.2 Å². The molecule has 2 aliphatic heterocycles. The van der Waals surface area contributed by atoms with Gasteiger partial charge in [0.25, 0.3) is 0 Å². The van der Waals surface area contributed by atoms with Crippen LogP contribution in [0.3, 0.4) is 0 Å². The van der Waals surface area contributed by atoms with Crippen LogP contribution >= 0.6 is 0 Å². The van der Waals surface area contributed by atoms with E-state index in [4.69, 9.17) is 24.4 Å². The van der Waals surface area contributed by atoms with E-state index in [2.05, 4.69) is 0 Å². The Morgan fingerprint density at radius 3 is 1.78 bits per heavy atom. The van der Waals surface area contributed by atoms with Crippen molar-refractivity contribution in [2.24, 2.45) is 0 Å². The van der Waals surface area contributed by atoms with E-state index in [-0.39, 0.29) is 0 Å². The van der Waals surface area contributed by atoms with E-state index >= 15 is 0 Å². The van der Waals surface area contributed by atoms with E-state index in [1.54, 1.807) is 0 Å². The second-order valence-electron chi connectivity index (χ2n) is 5.53. The Balaban J connectivity index is 2.11. The lowest BCUT2D eigenvalue weighted by atomic mass is 9.97. The fraction of sp³-hybridized carbons (Fsp3) is 1.00. The van der Waals surface area contributed by atoms with Crippen LogP contribution in [-0.2, 0) is 14.2 Å². The third kappa shape index (κ3) is 3.65. The predicted octanol–water partition coefficient (Wildman–Crippen LogP) is -5.40. The highest BCUT2D eigenvalue weighted by Crippen LogP contribution is 2.28. The SMILES string of the molecule is OC[C@H]1OC(O)[C@@H](O)[C@@H](OC2O[C@H](CO)[C@@H](O)[C@H](O)[C@@H]2O)[C@H]1O. The van der Waals surface area contributed by atoms with Gasteiger partial charge in [-0.15, -0.1) is 0 Å². The monoisotopic (exact) mass is 342 g/mol. The van der Waals surface area contributed by atoms with Gasteiger partial charge in [0.05, 0.1) is 13.2 Å². The van der Waals surface area contributed by atoms with Gasteiger partial charge in [0.1, 0.15) is 48.8 Å². The van der Waals surface area contributed by atoms with Crippen molar-refractivity contribution in [1.29, 1.82) is 0 Å². The normalized spacial score (nSPS) is 51.7. The summed E-state index contributed by atoms with van der Waals surface area (Å²) in [6.07, 6.45) is -15.7. The molecule has 0 aliphatic carbocycles. The molecule has 2 saturated heterocycles. The molecule has 2 rings (SSSR count). The summed E-state index contributed by atoms with van der Waals surface area (Å²) >= 11 is 0. The Morgan fingerprint density at radius 1 is 0.652 bits per heavy atom. The maximum atomic E-state index is 10.00. The van der Waals surface area contributed by atoms with Gasteiger partial charge < -0.3 is 55.1 Å². The zero-order chi connectivity index (χ0) is 17.3. The van der Waals surface area contributed by atoms with Gasteiger partial charge in [-0.2, -0.15) is 0 Å². The molecule has 0 aromatic carbocycles. The third-order valence-corrected chi connectivity index (χ3v) is 3.98. The van der Waals surface area contributed by atoms with Crippen molar-refractivity contribution in [3.8, 4) is 0 Å². The van der Waals surface area contributed by atoms with Gasteiger partial charge in [-0.25, -0.2) is 0 Å². The molecular formula is C12H22O11. The molecular weight excluding hydrogens is 320 g/mol. The van der Waals surface area contributed by atoms with E-state index in [1.165, 1.54) is 0 Å². The van der Waals surface area contributed by atoms with Crippen LogP contribution in [0.1, 0.15) is 0 Å². The highest BCUT2D eigenvalue weighted by Gasteiger charge is 2.50. The van der Waals surface area contributed by atoms with Gasteiger partial charge in [-0.3, -0.25) is 0 Å². The zero-order valence-corrected chi connectivity index (χ0v) is 12.0. The molecule has 0 aromatic rings. The van der Waals surface area contributed by atoms with Gasteiger partial charge >= 0.3 is 0 Å². The molecule has 8 N–H and O–H groups in total. The molecule has 2 fully saturated rings. The number of aliphatic hydroxyl groups excluding tert-OH is 8. The minimum Gasteiger partial charge on any atom is -0.394 e. The molecule has 0 bridgehead atoms. The van der Waals surface area contributed by atoms with Crippen LogP contribution in [0.4, 0.5) is 0 Å². The van der Waals surface area contributed by atoms with Crippen LogP contribution in [0.15, 0.2) is 0 Å². The molecule has 0 amide bonds. The summed E-state index contributed by atoms with van der Waals surface area (Å²) in [4.78, 5) is 0. The molecule has 11 nitrogen and oxygen atoms in total. The van der Waals surface area contributed by atoms with Gasteiger partial charge in [-0.05, 0) is 0 Å². The third-order valence-electron chi connectivity index (χ3n) is 3.98. The summed E-state index contributed by atoms with van der Waals surface area (Å²) in [6, 6.07) is 0. The number of ether oxygens (including phenoxy) is 3. The zero-order valence-electron chi connectivity index (χ0n) is 12.0. The minimum absolute atomic E-state index is 0.667. The predicted molar refractivity (Wildman–Crippen MR) is 68.6 cm³/mol. The Labute approximate surface area is 130 Å². The van der Waals surface area contributed by atoms with Crippen molar-refractivity contribution in [2.45, 2.75) is 61.4 Å². The molecule has 0 aromatic heterocycles. The molecule has 2 unspecified atom stereocenters. The lowest BCUT2D eigenvalue weighted by Crippen LogP contribution is -2.64. The molecule has 0 radical (unpaired) electrons. The van der Waals surface area contributed by atoms with Crippen LogP contribution in [0, 0.1) is 0 Å². The van der Waals surface area contributed by atoms with Crippen molar-refractivity contribution in [3.05, 3.63) is 0 Å². The first kappa shape index (κ1) is 18.9. The maximum Gasteiger partial charge on any atom is 0.187 e. The number of hydrogen-bond acceptors (Lipinski definition) is 11. The summed E-state index contributed by atoms with van der Waals surface area (Å²) in [5.74, 6) is 0. The molecule has 0 spiro atoms. The van der Waals surface area contributed by atoms with Crippen molar-refractivity contribution in [1.82, 2.24) is 0 Å². The van der Waals surface area contributed by atoms with E-state index in [0.717, 1.165) is 0 Å². The van der Waals surface area contributed by atoms with Crippen LogP contribution in [0.5, 0.6) is 0 Å². The highest BCUT2D eigenvalue weighted by atomic mass is 16.7. The molecule has 10 atom stereocenters. The number of rotatable bonds is 4. The van der Waals surface area contributed by atoms with Gasteiger partial charge in [0.15, 0.2) is 12.6 Å². The summed E-state index contributed by atoms with van der Waals surface area (Å²) in [7, 11) is 0. The van der Waals surface area contributed by atoms with E-state index in [0.29, 0.717) is 0 Å². The second kappa shape index (κ2) is 7.63. The Kier molecular flexibility index (Phi) is 6.27. The summed E-state index contributed by atoms with van der Waals surface area (Å²) in [5.41, 5.74) is 0. The highest BCUT2D eigenvalue weighted by molar-refractivity contribution is 4.93. The molecule has 2 aliphatic rings. The van der Waals surface area contributed by atoms with Gasteiger partial charge in [0, 0.05) is 0 Å². The average Bonchev–Trinajstić information content (AvgIpc) is 2.54. The van der Waals surface area contributed by atoms with Crippen molar-refractivity contribution in [3.63, 3.8) is 0 Å². The minimum atomic E-state index is -1.76. The average molecular weight is 342 g/mol. The summed E-state index contributed by atoms with van der Waals surface area (Å²) in [5, 5.41) is 76.8. The Hall–Kier alpha value is -0.440. The maximum absolute atomic E-state index is 10.00. The van der Waals surface area contributed by atoms with E-state index < -0.39 is 74.6 Å². The smallest absolute Gasteiger partial charge is 0.187 e. The second-order valence-corrected chi connectivity index (χ2v) is 5.53. The lowest BCUT2D eigenvalue weighted by molar-refractivity contribution is -0.355. The van der Waals surface area contributed by atoms with Gasteiger partial charge in [0.2, 0.25) is 0 Å². The Morgan fingerprint density at radius 2 is 1.22 bits per heavy atom. The van der Waals surface area contributed by atoms with Gasteiger partial charge in [-0.1, -0.05) is 0 Å². The van der Waals surface area contributed by atoms with E-state index in [1.807, 2.05) is 0 Å². The van der Waals surface area contributed by atoms with E-state index in [9.17, 15) is 30.6 Å².